The van der Waals surface area contributed by atoms with Gasteiger partial charge in [0.25, 0.3) is 5.91 Å². The van der Waals surface area contributed by atoms with E-state index in [2.05, 4.69) is 5.32 Å². The van der Waals surface area contributed by atoms with Crippen molar-refractivity contribution in [3.63, 3.8) is 0 Å². The minimum Gasteiger partial charge on any atom is -0.322 e. The maximum absolute atomic E-state index is 13.0. The number of para-hydroxylation sites is 2. The second-order valence-corrected chi connectivity index (χ2v) is 8.42. The van der Waals surface area contributed by atoms with Crippen LogP contribution in [0.15, 0.2) is 71.5 Å². The van der Waals surface area contributed by atoms with Crippen molar-refractivity contribution in [1.29, 1.82) is 0 Å². The van der Waals surface area contributed by atoms with Crippen LogP contribution in [0.3, 0.4) is 0 Å². The Kier molecular flexibility index (Phi) is 5.03. The summed E-state index contributed by atoms with van der Waals surface area (Å²) in [5, 5.41) is 2.95. The van der Waals surface area contributed by atoms with Gasteiger partial charge in [0, 0.05) is 23.8 Å². The molecule has 1 heterocycles. The highest BCUT2D eigenvalue weighted by atomic mass is 16.2. The maximum atomic E-state index is 13.0. The minimum atomic E-state index is -0.539. The van der Waals surface area contributed by atoms with Gasteiger partial charge in [-0.1, -0.05) is 30.3 Å². The quantitative estimate of drug-likeness (QED) is 0.528. The Morgan fingerprint density at radius 1 is 0.968 bits per heavy atom. The third-order valence-electron chi connectivity index (χ3n) is 5.54. The number of aryl methyl sites for hydroxylation is 2. The minimum absolute atomic E-state index is 0.134. The molecule has 0 aliphatic rings. The van der Waals surface area contributed by atoms with Gasteiger partial charge in [-0.05, 0) is 68.3 Å². The van der Waals surface area contributed by atoms with Gasteiger partial charge in [-0.25, -0.2) is 4.79 Å². The first-order valence-corrected chi connectivity index (χ1v) is 10.1. The van der Waals surface area contributed by atoms with Crippen LogP contribution in [0.2, 0.25) is 0 Å². The fourth-order valence-electron chi connectivity index (χ4n) is 3.72. The first-order chi connectivity index (χ1) is 14.7. The van der Waals surface area contributed by atoms with E-state index in [1.165, 1.54) is 0 Å². The zero-order valence-electron chi connectivity index (χ0n) is 18.1. The number of fused-ring (bicyclic) bond motifs is 1. The number of imidazole rings is 1. The number of carbonyl (C=O) groups excluding carboxylic acids is 1. The lowest BCUT2D eigenvalue weighted by Gasteiger charge is -2.19. The Morgan fingerprint density at radius 2 is 1.68 bits per heavy atom. The number of nitrogens with zero attached hydrogens (tertiary/aromatic N) is 2. The number of rotatable bonds is 4. The van der Waals surface area contributed by atoms with E-state index in [9.17, 15) is 9.59 Å². The van der Waals surface area contributed by atoms with Crippen molar-refractivity contribution >= 4 is 22.6 Å². The highest BCUT2D eigenvalue weighted by Gasteiger charge is 2.17. The molecule has 1 amide bonds. The number of nitrogens with two attached hydrogens (primary N) is 1. The van der Waals surface area contributed by atoms with Gasteiger partial charge in [0.05, 0.1) is 16.7 Å². The molecule has 0 fully saturated rings. The maximum Gasteiger partial charge on any atom is 0.333 e. The number of benzene rings is 3. The number of hydrogen-bond donors (Lipinski definition) is 2. The second-order valence-electron chi connectivity index (χ2n) is 8.42. The molecule has 0 bridgehead atoms. The molecule has 31 heavy (non-hydrogen) atoms. The van der Waals surface area contributed by atoms with Gasteiger partial charge in [-0.15, -0.1) is 0 Å². The van der Waals surface area contributed by atoms with Crippen LogP contribution in [0, 0.1) is 6.92 Å². The number of aromatic nitrogens is 2. The molecule has 0 aliphatic heterocycles. The van der Waals surface area contributed by atoms with Crippen molar-refractivity contribution in [3.8, 4) is 5.69 Å². The molecule has 0 saturated carbocycles. The van der Waals surface area contributed by atoms with Gasteiger partial charge in [0.1, 0.15) is 0 Å². The largest absolute Gasteiger partial charge is 0.333 e. The molecule has 0 atom stereocenters. The lowest BCUT2D eigenvalue weighted by atomic mass is 9.94. The monoisotopic (exact) mass is 414 g/mol. The summed E-state index contributed by atoms with van der Waals surface area (Å²) >= 11 is 0. The molecule has 4 aromatic rings. The molecule has 0 unspecified atom stereocenters. The predicted molar refractivity (Wildman–Crippen MR) is 125 cm³/mol. The van der Waals surface area contributed by atoms with Crippen LogP contribution in [-0.4, -0.2) is 15.0 Å². The molecule has 6 heteroatoms. The number of anilines is 1. The second kappa shape index (κ2) is 7.56. The molecule has 3 aromatic carbocycles. The Morgan fingerprint density at radius 3 is 2.39 bits per heavy atom. The zero-order valence-corrected chi connectivity index (χ0v) is 18.1. The fraction of sp³-hybridized carbons (Fsp3) is 0.200. The lowest BCUT2D eigenvalue weighted by molar-refractivity contribution is 0.102. The van der Waals surface area contributed by atoms with E-state index in [-0.39, 0.29) is 11.6 Å². The van der Waals surface area contributed by atoms with Crippen LogP contribution < -0.4 is 16.7 Å². The Labute approximate surface area is 180 Å². The first-order valence-electron chi connectivity index (χ1n) is 10.1. The number of nitrogens with one attached hydrogen (secondary N) is 1. The Bertz CT molecular complexity index is 1360. The fourth-order valence-corrected chi connectivity index (χ4v) is 3.72. The van der Waals surface area contributed by atoms with E-state index in [1.807, 2.05) is 75.4 Å². The number of carbonyl (C=O) groups is 1. The van der Waals surface area contributed by atoms with E-state index < -0.39 is 5.54 Å². The van der Waals surface area contributed by atoms with Crippen molar-refractivity contribution in [2.24, 2.45) is 12.8 Å². The molecule has 158 valence electrons. The van der Waals surface area contributed by atoms with E-state index in [0.29, 0.717) is 11.3 Å². The van der Waals surface area contributed by atoms with E-state index in [4.69, 9.17) is 5.73 Å². The van der Waals surface area contributed by atoms with Gasteiger partial charge in [0.15, 0.2) is 0 Å². The van der Waals surface area contributed by atoms with E-state index in [0.717, 1.165) is 27.8 Å². The predicted octanol–water partition coefficient (Wildman–Crippen LogP) is 4.08. The first kappa shape index (κ1) is 20.6. The SMILES string of the molecule is Cc1ccc(NC(=O)c2cccc(C(C)(C)N)c2)cc1-n1c(=O)n(C)c2ccccc21. The van der Waals surface area contributed by atoms with Gasteiger partial charge in [-0.2, -0.15) is 0 Å². The molecule has 1 aromatic heterocycles. The van der Waals surface area contributed by atoms with E-state index in [1.54, 1.807) is 28.3 Å². The van der Waals surface area contributed by atoms with Crippen molar-refractivity contribution < 1.29 is 4.79 Å². The van der Waals surface area contributed by atoms with Crippen LogP contribution in [0.5, 0.6) is 0 Å². The van der Waals surface area contributed by atoms with Gasteiger partial charge in [-0.3, -0.25) is 13.9 Å². The molecule has 3 N–H and O–H groups in total. The van der Waals surface area contributed by atoms with Crippen molar-refractivity contribution in [2.75, 3.05) is 5.32 Å². The third-order valence-corrected chi connectivity index (χ3v) is 5.54. The summed E-state index contributed by atoms with van der Waals surface area (Å²) in [6, 6.07) is 20.5. The van der Waals surface area contributed by atoms with Gasteiger partial charge >= 0.3 is 5.69 Å². The molecule has 0 saturated heterocycles. The molecule has 0 radical (unpaired) electrons. The van der Waals surface area contributed by atoms with Crippen LogP contribution >= 0.6 is 0 Å². The smallest absolute Gasteiger partial charge is 0.322 e. The molecule has 0 aliphatic carbocycles. The Balaban J connectivity index is 1.73. The van der Waals surface area contributed by atoms with Crippen molar-refractivity contribution in [3.05, 3.63) is 93.9 Å². The average molecular weight is 415 g/mol. The summed E-state index contributed by atoms with van der Waals surface area (Å²) in [7, 11) is 1.76. The standard InChI is InChI=1S/C25H26N4O2/c1-16-12-13-19(27-23(30)17-8-7-9-18(14-17)25(2,3)26)15-22(16)29-21-11-6-5-10-20(21)28(4)24(29)31/h5-15H,26H2,1-4H3,(H,27,30). The summed E-state index contributed by atoms with van der Waals surface area (Å²) in [6.45, 7) is 5.75. The lowest BCUT2D eigenvalue weighted by Crippen LogP contribution is -2.29. The summed E-state index contributed by atoms with van der Waals surface area (Å²) in [4.78, 5) is 25.8. The average Bonchev–Trinajstić information content (AvgIpc) is 2.99. The highest BCUT2D eigenvalue weighted by Crippen LogP contribution is 2.24. The van der Waals surface area contributed by atoms with Crippen LogP contribution in [0.1, 0.15) is 35.3 Å². The van der Waals surface area contributed by atoms with Crippen LogP contribution in [0.25, 0.3) is 16.7 Å². The molecular weight excluding hydrogens is 388 g/mol. The van der Waals surface area contributed by atoms with E-state index >= 15 is 0 Å². The summed E-state index contributed by atoms with van der Waals surface area (Å²) in [5.74, 6) is -0.230. The Hall–Kier alpha value is -3.64. The van der Waals surface area contributed by atoms with Gasteiger partial charge in [0.2, 0.25) is 0 Å². The summed E-state index contributed by atoms with van der Waals surface area (Å²) in [6.07, 6.45) is 0. The highest BCUT2D eigenvalue weighted by molar-refractivity contribution is 6.04. The number of hydrogen-bond acceptors (Lipinski definition) is 3. The van der Waals surface area contributed by atoms with Crippen molar-refractivity contribution in [1.82, 2.24) is 9.13 Å². The van der Waals surface area contributed by atoms with Crippen molar-refractivity contribution in [2.45, 2.75) is 26.3 Å². The third kappa shape index (κ3) is 3.78. The molecule has 6 nitrogen and oxygen atoms in total. The normalized spacial score (nSPS) is 11.6. The molecule has 4 rings (SSSR count). The number of amides is 1. The molecule has 0 spiro atoms. The summed E-state index contributed by atoms with van der Waals surface area (Å²) < 4.78 is 3.30. The summed E-state index contributed by atoms with van der Waals surface area (Å²) in [5.41, 5.74) is 10.9. The van der Waals surface area contributed by atoms with Crippen LogP contribution in [-0.2, 0) is 12.6 Å². The van der Waals surface area contributed by atoms with Crippen LogP contribution in [0.4, 0.5) is 5.69 Å². The molecular formula is C25H26N4O2. The topological polar surface area (TPSA) is 82.1 Å². The van der Waals surface area contributed by atoms with Gasteiger partial charge < -0.3 is 11.1 Å². The zero-order chi connectivity index (χ0) is 22.3.